The van der Waals surface area contributed by atoms with Crippen LogP contribution in [0.5, 0.6) is 5.75 Å². The first-order chi connectivity index (χ1) is 15.9. The van der Waals surface area contributed by atoms with Crippen molar-refractivity contribution in [3.63, 3.8) is 0 Å². The number of benzene rings is 1. The summed E-state index contributed by atoms with van der Waals surface area (Å²) in [7, 11) is 1.61. The zero-order valence-electron chi connectivity index (χ0n) is 19.5. The van der Waals surface area contributed by atoms with Crippen LogP contribution in [0.4, 0.5) is 4.79 Å². The van der Waals surface area contributed by atoms with Gasteiger partial charge in [-0.15, -0.1) is 0 Å². The highest BCUT2D eigenvalue weighted by molar-refractivity contribution is 6.09. The number of hydrogen-bond acceptors (Lipinski definition) is 5. The van der Waals surface area contributed by atoms with Crippen molar-refractivity contribution in [1.82, 2.24) is 20.7 Å². The number of rotatable bonds is 9. The Hall–Kier alpha value is -3.10. The summed E-state index contributed by atoms with van der Waals surface area (Å²) in [5.41, 5.74) is 4.13. The molecule has 1 aliphatic carbocycles. The molecule has 1 heterocycles. The zero-order valence-corrected chi connectivity index (χ0v) is 19.5. The van der Waals surface area contributed by atoms with Crippen LogP contribution in [0.25, 0.3) is 0 Å². The van der Waals surface area contributed by atoms with E-state index in [1.165, 1.54) is 17.7 Å². The van der Waals surface area contributed by atoms with Crippen LogP contribution < -0.4 is 15.6 Å². The molecular formula is C24H34N4O5. The summed E-state index contributed by atoms with van der Waals surface area (Å²) in [6, 6.07) is 6.15. The topological polar surface area (TPSA) is 108 Å². The van der Waals surface area contributed by atoms with E-state index in [0.29, 0.717) is 30.8 Å². The lowest BCUT2D eigenvalue weighted by atomic mass is 9.81. The maximum Gasteiger partial charge on any atom is 0.327 e. The fraction of sp³-hybridized carbons (Fsp3) is 0.583. The fourth-order valence-electron chi connectivity index (χ4n) is 4.47. The molecule has 2 N–H and O–H groups in total. The molecule has 1 aromatic carbocycles. The average Bonchev–Trinajstić information content (AvgIpc) is 2.99. The summed E-state index contributed by atoms with van der Waals surface area (Å²) in [6.45, 7) is 2.35. The number of imide groups is 1. The quantitative estimate of drug-likeness (QED) is 0.336. The van der Waals surface area contributed by atoms with Gasteiger partial charge in [-0.25, -0.2) is 4.79 Å². The van der Waals surface area contributed by atoms with E-state index in [9.17, 15) is 19.2 Å². The molecule has 9 nitrogen and oxygen atoms in total. The average molecular weight is 459 g/mol. The van der Waals surface area contributed by atoms with Crippen molar-refractivity contribution in [1.29, 1.82) is 0 Å². The van der Waals surface area contributed by atoms with Crippen LogP contribution in [0, 0.1) is 0 Å². The molecule has 0 atom stereocenters. The van der Waals surface area contributed by atoms with Gasteiger partial charge in [0.05, 0.1) is 6.61 Å². The molecule has 33 heavy (non-hydrogen) atoms. The van der Waals surface area contributed by atoms with Crippen LogP contribution >= 0.6 is 0 Å². The number of ether oxygens (including phenoxy) is 1. The first kappa shape index (κ1) is 24.5. The molecule has 1 spiro atoms. The smallest absolute Gasteiger partial charge is 0.327 e. The number of carbonyl (C=O) groups is 4. The van der Waals surface area contributed by atoms with E-state index in [0.717, 1.165) is 37.0 Å². The monoisotopic (exact) mass is 458 g/mol. The second kappa shape index (κ2) is 11.2. The molecule has 0 radical (unpaired) electrons. The number of likely N-dealkylation sites (N-methyl/N-ethyl adjacent to an activating group) is 1. The molecule has 5 amide bonds. The van der Waals surface area contributed by atoms with E-state index >= 15 is 0 Å². The van der Waals surface area contributed by atoms with Gasteiger partial charge in [-0.2, -0.15) is 0 Å². The van der Waals surface area contributed by atoms with Crippen LogP contribution in [0.15, 0.2) is 24.3 Å². The zero-order chi connectivity index (χ0) is 23.8. The third-order valence-electron chi connectivity index (χ3n) is 6.48. The lowest BCUT2D eigenvalue weighted by molar-refractivity contribution is -0.137. The van der Waals surface area contributed by atoms with Gasteiger partial charge in [-0.05, 0) is 43.5 Å². The Labute approximate surface area is 194 Å². The molecule has 0 unspecified atom stereocenters. The molecular weight excluding hydrogens is 424 g/mol. The third kappa shape index (κ3) is 5.64. The lowest BCUT2D eigenvalue weighted by Crippen LogP contribution is -2.50. The largest absolute Gasteiger partial charge is 0.494 e. The summed E-state index contributed by atoms with van der Waals surface area (Å²) in [5.74, 6) is -0.795. The van der Waals surface area contributed by atoms with E-state index in [2.05, 4.69) is 17.8 Å². The number of carbonyl (C=O) groups excluding carboxylic acids is 4. The fourth-order valence-corrected chi connectivity index (χ4v) is 4.47. The molecule has 1 aliphatic heterocycles. The standard InChI is InChI=1S/C24H34N4O5/c1-3-4-5-9-16-33-19-12-10-18(11-13-19)21(30)26-25-20(29)17-28-22(31)24(27(2)23(28)32)14-7-6-8-15-24/h10-13H,3-9,14-17H2,1-2H3,(H,25,29)(H,26,30). The number of urea groups is 1. The molecule has 0 bridgehead atoms. The van der Waals surface area contributed by atoms with E-state index in [1.54, 1.807) is 31.3 Å². The Bertz CT molecular complexity index is 864. The minimum atomic E-state index is -0.835. The Kier molecular flexibility index (Phi) is 8.30. The number of nitrogens with one attached hydrogen (secondary N) is 2. The first-order valence-electron chi connectivity index (χ1n) is 11.8. The predicted octanol–water partition coefficient (Wildman–Crippen LogP) is 3.00. The molecule has 1 aromatic rings. The molecule has 180 valence electrons. The Morgan fingerprint density at radius 3 is 2.36 bits per heavy atom. The molecule has 1 saturated heterocycles. The highest BCUT2D eigenvalue weighted by atomic mass is 16.5. The van der Waals surface area contributed by atoms with Gasteiger partial charge < -0.3 is 9.64 Å². The van der Waals surface area contributed by atoms with Gasteiger partial charge in [0.25, 0.3) is 17.7 Å². The van der Waals surface area contributed by atoms with Crippen molar-refractivity contribution < 1.29 is 23.9 Å². The number of amides is 5. The summed E-state index contributed by atoms with van der Waals surface area (Å²) in [5, 5.41) is 0. The van der Waals surface area contributed by atoms with Crippen molar-refractivity contribution in [2.75, 3.05) is 20.2 Å². The summed E-state index contributed by atoms with van der Waals surface area (Å²) in [6.07, 6.45) is 8.49. The van der Waals surface area contributed by atoms with Crippen molar-refractivity contribution in [3.05, 3.63) is 29.8 Å². The number of hydrogen-bond donors (Lipinski definition) is 2. The van der Waals surface area contributed by atoms with Crippen molar-refractivity contribution >= 4 is 23.8 Å². The first-order valence-corrected chi connectivity index (χ1v) is 11.8. The predicted molar refractivity (Wildman–Crippen MR) is 122 cm³/mol. The molecule has 2 fully saturated rings. The number of hydrazine groups is 1. The molecule has 0 aromatic heterocycles. The van der Waals surface area contributed by atoms with Crippen LogP contribution in [0.2, 0.25) is 0 Å². The highest BCUT2D eigenvalue weighted by Gasteiger charge is 2.55. The van der Waals surface area contributed by atoms with E-state index in [1.807, 2.05) is 0 Å². The minimum Gasteiger partial charge on any atom is -0.494 e. The van der Waals surface area contributed by atoms with Gasteiger partial charge >= 0.3 is 6.03 Å². The van der Waals surface area contributed by atoms with Crippen LogP contribution in [-0.4, -0.2) is 59.3 Å². The lowest BCUT2D eigenvalue weighted by Gasteiger charge is -2.35. The second-order valence-corrected chi connectivity index (χ2v) is 8.76. The van der Waals surface area contributed by atoms with Gasteiger partial charge in [-0.1, -0.05) is 45.4 Å². The van der Waals surface area contributed by atoms with Crippen molar-refractivity contribution in [2.24, 2.45) is 0 Å². The van der Waals surface area contributed by atoms with E-state index in [4.69, 9.17) is 4.74 Å². The van der Waals surface area contributed by atoms with Gasteiger partial charge in [0.2, 0.25) is 0 Å². The maximum absolute atomic E-state index is 12.9. The van der Waals surface area contributed by atoms with Gasteiger partial charge in [0, 0.05) is 12.6 Å². The SMILES string of the molecule is CCCCCCOc1ccc(C(=O)NNC(=O)CN2C(=O)N(C)C3(CCCCC3)C2=O)cc1. The minimum absolute atomic E-state index is 0.332. The normalized spacial score (nSPS) is 17.4. The molecule has 1 saturated carbocycles. The summed E-state index contributed by atoms with van der Waals surface area (Å²) < 4.78 is 5.66. The van der Waals surface area contributed by atoms with Crippen LogP contribution in [0.3, 0.4) is 0 Å². The van der Waals surface area contributed by atoms with E-state index < -0.39 is 29.9 Å². The number of unbranched alkanes of at least 4 members (excludes halogenated alkanes) is 3. The Morgan fingerprint density at radius 2 is 1.70 bits per heavy atom. The highest BCUT2D eigenvalue weighted by Crippen LogP contribution is 2.39. The molecule has 3 rings (SSSR count). The summed E-state index contributed by atoms with van der Waals surface area (Å²) >= 11 is 0. The number of nitrogens with zero attached hydrogens (tertiary/aromatic N) is 2. The van der Waals surface area contributed by atoms with Gasteiger partial charge in [0.15, 0.2) is 0 Å². The molecule has 9 heteroatoms. The Balaban J connectivity index is 1.46. The maximum atomic E-state index is 12.9. The van der Waals surface area contributed by atoms with Gasteiger partial charge in [0.1, 0.15) is 17.8 Å². The van der Waals surface area contributed by atoms with Crippen LogP contribution in [0.1, 0.15) is 75.1 Å². The second-order valence-electron chi connectivity index (χ2n) is 8.76. The van der Waals surface area contributed by atoms with Crippen molar-refractivity contribution in [3.8, 4) is 5.75 Å². The van der Waals surface area contributed by atoms with E-state index in [-0.39, 0.29) is 5.91 Å². The van der Waals surface area contributed by atoms with Gasteiger partial charge in [-0.3, -0.25) is 30.1 Å². The Morgan fingerprint density at radius 1 is 1.00 bits per heavy atom. The van der Waals surface area contributed by atoms with Crippen LogP contribution in [-0.2, 0) is 9.59 Å². The summed E-state index contributed by atoms with van der Waals surface area (Å²) in [4.78, 5) is 52.6. The van der Waals surface area contributed by atoms with Crippen molar-refractivity contribution in [2.45, 2.75) is 70.3 Å². The molecule has 2 aliphatic rings. The third-order valence-corrected chi connectivity index (χ3v) is 6.48.